The summed E-state index contributed by atoms with van der Waals surface area (Å²) in [6.07, 6.45) is 30.4. The van der Waals surface area contributed by atoms with Crippen LogP contribution in [-0.4, -0.2) is 41.5 Å². The van der Waals surface area contributed by atoms with Crippen molar-refractivity contribution < 1.29 is 10.2 Å². The Morgan fingerprint density at radius 2 is 1.06 bits per heavy atom. The van der Waals surface area contributed by atoms with E-state index in [1.54, 1.807) is 5.84 Å². The first-order chi connectivity index (χ1) is 16.4. The van der Waals surface area contributed by atoms with Crippen molar-refractivity contribution in [3.63, 3.8) is 0 Å². The molecule has 0 atom stereocenters. The van der Waals surface area contributed by atoms with Gasteiger partial charge in [-0.1, -0.05) is 96.8 Å². The Bertz CT molecular complexity index is 505. The van der Waals surface area contributed by atoms with Crippen molar-refractivity contribution in [1.82, 2.24) is 4.90 Å². The zero-order valence-electron chi connectivity index (χ0n) is 22.0. The van der Waals surface area contributed by atoms with Crippen LogP contribution in [0.2, 0.25) is 0 Å². The minimum atomic E-state index is -1.38. The Morgan fingerprint density at radius 1 is 0.618 bits per heavy atom. The topological polar surface area (TPSA) is 6.25 Å². The van der Waals surface area contributed by atoms with Crippen molar-refractivity contribution in [2.24, 2.45) is 0 Å². The van der Waals surface area contributed by atoms with E-state index >= 15 is 0 Å². The summed E-state index contributed by atoms with van der Waals surface area (Å²) in [5.74, 6) is 1.70. The van der Waals surface area contributed by atoms with Crippen molar-refractivity contribution in [2.75, 3.05) is 26.2 Å². The third-order valence-electron chi connectivity index (χ3n) is 7.20. The van der Waals surface area contributed by atoms with Crippen LogP contribution in [0.1, 0.15) is 142 Å². The van der Waals surface area contributed by atoms with Crippen molar-refractivity contribution in [2.45, 2.75) is 142 Å². The summed E-state index contributed by atoms with van der Waals surface area (Å²) in [6.45, 7) is 7.60. The molecule has 0 spiro atoms. The SMILES string of the molecule is CCCCCCCCCCCCCCCCCCN1CCC[N+]2=C1CCCCC2.[Br][Mn]([Br])([Br])[Br]. The number of nitrogens with zero attached hydrogens (tertiary/aromatic N) is 2. The molecule has 2 heterocycles. The Kier molecular flexibility index (Phi) is 22.8. The van der Waals surface area contributed by atoms with E-state index in [2.05, 4.69) is 72.8 Å². The van der Waals surface area contributed by atoms with Crippen LogP contribution in [0.4, 0.5) is 0 Å². The predicted molar refractivity (Wildman–Crippen MR) is 165 cm³/mol. The molecule has 0 aromatic carbocycles. The first kappa shape index (κ1) is 33.9. The van der Waals surface area contributed by atoms with Crippen LogP contribution < -0.4 is 0 Å². The molecule has 2 aliphatic heterocycles. The number of hydrogen-bond donors (Lipinski definition) is 0. The zero-order valence-corrected chi connectivity index (χ0v) is 29.5. The third kappa shape index (κ3) is 20.9. The van der Waals surface area contributed by atoms with E-state index in [0.29, 0.717) is 0 Å². The van der Waals surface area contributed by atoms with Gasteiger partial charge in [-0.25, -0.2) is 0 Å². The minimum absolute atomic E-state index is 1.32. The summed E-state index contributed by atoms with van der Waals surface area (Å²) in [7, 11) is 0. The first-order valence-electron chi connectivity index (χ1n) is 14.3. The molecule has 0 unspecified atom stereocenters. The van der Waals surface area contributed by atoms with Crippen LogP contribution in [-0.2, 0) is 5.61 Å². The Morgan fingerprint density at radius 3 is 1.56 bits per heavy atom. The number of halogens is 4. The molecule has 2 nitrogen and oxygen atoms in total. The molecule has 2 aliphatic rings. The molecule has 0 aromatic rings. The fraction of sp³-hybridized carbons (Fsp3) is 0.963. The summed E-state index contributed by atoms with van der Waals surface area (Å²) < 4.78 is 2.71. The summed E-state index contributed by atoms with van der Waals surface area (Å²) in [5, 5.41) is 0. The van der Waals surface area contributed by atoms with Gasteiger partial charge in [0.1, 0.15) is 0 Å². The molecule has 0 saturated carbocycles. The molecule has 0 aromatic heterocycles. The second-order valence-electron chi connectivity index (χ2n) is 10.2. The number of unbranched alkanes of at least 4 members (excludes halogenated alkanes) is 15. The van der Waals surface area contributed by atoms with E-state index < -0.39 is 5.61 Å². The van der Waals surface area contributed by atoms with Crippen LogP contribution in [0.25, 0.3) is 0 Å². The maximum absolute atomic E-state index is 3.27. The number of rotatable bonds is 17. The van der Waals surface area contributed by atoms with Crippen LogP contribution >= 0.6 is 56.4 Å². The number of amidine groups is 1. The molecule has 0 saturated heterocycles. The van der Waals surface area contributed by atoms with Gasteiger partial charge in [0.2, 0.25) is 5.84 Å². The van der Waals surface area contributed by atoms with Crippen molar-refractivity contribution in [3.05, 3.63) is 0 Å². The molecule has 0 aliphatic carbocycles. The van der Waals surface area contributed by atoms with Crippen molar-refractivity contribution in [3.8, 4) is 0 Å². The van der Waals surface area contributed by atoms with E-state index in [0.717, 1.165) is 0 Å². The average Bonchev–Trinajstić information content (AvgIpc) is 3.04. The van der Waals surface area contributed by atoms with Gasteiger partial charge in [-0.05, 0) is 32.1 Å². The van der Waals surface area contributed by atoms with E-state index in [4.69, 9.17) is 0 Å². The van der Waals surface area contributed by atoms with Gasteiger partial charge in [0.25, 0.3) is 0 Å². The second-order valence-corrected chi connectivity index (χ2v) is 45.9. The van der Waals surface area contributed by atoms with Gasteiger partial charge in [0, 0.05) is 12.8 Å². The van der Waals surface area contributed by atoms with Gasteiger partial charge in [0.15, 0.2) is 0 Å². The third-order valence-corrected chi connectivity index (χ3v) is 7.20. The monoisotopic (exact) mass is 776 g/mol. The predicted octanol–water partition coefficient (Wildman–Crippen LogP) is 11.3. The van der Waals surface area contributed by atoms with Gasteiger partial charge in [0.05, 0.1) is 26.2 Å². The summed E-state index contributed by atoms with van der Waals surface area (Å²) in [5.41, 5.74) is -1.38. The molecule has 0 fully saturated rings. The van der Waals surface area contributed by atoms with Crippen molar-refractivity contribution in [1.29, 1.82) is 0 Å². The summed E-state index contributed by atoms with van der Waals surface area (Å²) in [6, 6.07) is 0. The normalized spacial score (nSPS) is 17.1. The van der Waals surface area contributed by atoms with Crippen LogP contribution in [0.3, 0.4) is 0 Å². The zero-order chi connectivity index (χ0) is 24.9. The van der Waals surface area contributed by atoms with Gasteiger partial charge in [-0.2, -0.15) is 0 Å². The summed E-state index contributed by atoms with van der Waals surface area (Å²) in [4.78, 5) is 2.75. The van der Waals surface area contributed by atoms with E-state index in [-0.39, 0.29) is 0 Å². The number of hydrogen-bond acceptors (Lipinski definition) is 1. The Balaban J connectivity index is 0.00000104. The quantitative estimate of drug-likeness (QED) is 0.0810. The standard InChI is InChI=1S/C27H53N2.4BrH.Mn/c1-2-3-4-5-6-7-8-9-10-11-12-13-14-15-16-19-23-28-25-21-26-29-24-20-17-18-22-27(28)29;;;;;/h2-26H2,1H3;4*1H;/q+1;;;;;+4/p-4. The summed E-state index contributed by atoms with van der Waals surface area (Å²) >= 11 is 13.1. The van der Waals surface area contributed by atoms with Gasteiger partial charge in [-0.15, -0.1) is 0 Å². The fourth-order valence-corrected chi connectivity index (χ4v) is 5.32. The van der Waals surface area contributed by atoms with E-state index in [9.17, 15) is 0 Å². The molecule has 0 radical (unpaired) electrons. The van der Waals surface area contributed by atoms with Crippen LogP contribution in [0.5, 0.6) is 0 Å². The first-order valence-corrected chi connectivity index (χ1v) is 26.0. The molecule has 2 rings (SSSR count). The Hall–Kier alpha value is 1.91. The maximum atomic E-state index is 3.27. The molecule has 0 bridgehead atoms. The molecular weight excluding hydrogens is 727 g/mol. The second kappa shape index (κ2) is 22.9. The molecule has 7 heteroatoms. The molecule has 34 heavy (non-hydrogen) atoms. The van der Waals surface area contributed by atoms with Gasteiger partial charge >= 0.3 is 62.1 Å². The van der Waals surface area contributed by atoms with Gasteiger partial charge < -0.3 is 0 Å². The fourth-order valence-electron chi connectivity index (χ4n) is 5.32. The molecule has 0 N–H and O–H groups in total. The van der Waals surface area contributed by atoms with E-state index in [1.807, 2.05) is 0 Å². The van der Waals surface area contributed by atoms with Crippen molar-refractivity contribution >= 4 is 62.3 Å². The Labute approximate surface area is 243 Å². The van der Waals surface area contributed by atoms with Crippen LogP contribution in [0, 0.1) is 0 Å². The molecule has 205 valence electrons. The van der Waals surface area contributed by atoms with Gasteiger partial charge in [-0.3, -0.25) is 9.48 Å². The van der Waals surface area contributed by atoms with E-state index in [1.165, 1.54) is 161 Å². The molecular formula is C27H53Br4MnN2+. The van der Waals surface area contributed by atoms with Crippen LogP contribution in [0.15, 0.2) is 0 Å². The molecule has 0 amide bonds. The average molecular weight is 780 g/mol.